The Morgan fingerprint density at radius 3 is 2.67 bits per heavy atom. The van der Waals surface area contributed by atoms with E-state index in [2.05, 4.69) is 5.32 Å². The first-order valence-electron chi connectivity index (χ1n) is 9.07. The van der Waals surface area contributed by atoms with Crippen molar-refractivity contribution >= 4 is 5.97 Å². The molecule has 6 nitrogen and oxygen atoms in total. The number of aromatic nitrogens is 2. The molecule has 0 radical (unpaired) electrons. The minimum atomic E-state index is -0.505. The molecule has 2 saturated heterocycles. The molecule has 2 fully saturated rings. The van der Waals surface area contributed by atoms with E-state index in [1.165, 1.54) is 12.8 Å². The number of piperidine rings is 1. The molecule has 0 aromatic carbocycles. The van der Waals surface area contributed by atoms with Crippen LogP contribution in [0.5, 0.6) is 0 Å². The number of rotatable bonds is 3. The fourth-order valence-electron chi connectivity index (χ4n) is 3.39. The number of nitrogens with zero attached hydrogens (tertiary/aromatic N) is 2. The average molecular weight is 335 g/mol. The molecule has 0 spiro atoms. The zero-order valence-corrected chi connectivity index (χ0v) is 15.0. The van der Waals surface area contributed by atoms with E-state index in [9.17, 15) is 4.79 Å². The average Bonchev–Trinajstić information content (AvgIpc) is 3.00. The molecule has 6 heteroatoms. The second kappa shape index (κ2) is 7.23. The summed E-state index contributed by atoms with van der Waals surface area (Å²) in [6.45, 7) is 8.14. The van der Waals surface area contributed by atoms with Crippen molar-refractivity contribution in [2.45, 2.75) is 70.6 Å². The Kier molecular flexibility index (Phi) is 5.25. The van der Waals surface area contributed by atoms with Crippen molar-refractivity contribution in [1.29, 1.82) is 0 Å². The lowest BCUT2D eigenvalue weighted by Crippen LogP contribution is -2.31. The van der Waals surface area contributed by atoms with Crippen molar-refractivity contribution < 1.29 is 14.3 Å². The molecule has 0 saturated carbocycles. The SMILES string of the molecule is CC(C)(C)OC(=O)c1cn(C2CCCCN2)nc1C1CCOCC1. The third-order valence-electron chi connectivity index (χ3n) is 4.59. The second-order valence-electron chi connectivity index (χ2n) is 7.76. The molecule has 3 rings (SSSR count). The maximum absolute atomic E-state index is 12.7. The Morgan fingerprint density at radius 2 is 2.04 bits per heavy atom. The molecule has 1 aromatic heterocycles. The molecule has 0 bridgehead atoms. The van der Waals surface area contributed by atoms with Gasteiger partial charge in [-0.25, -0.2) is 4.79 Å². The van der Waals surface area contributed by atoms with Gasteiger partial charge < -0.3 is 9.47 Å². The minimum absolute atomic E-state index is 0.175. The number of esters is 1. The molecule has 1 N–H and O–H groups in total. The molecule has 2 aliphatic heterocycles. The van der Waals surface area contributed by atoms with Crippen LogP contribution in [0, 0.1) is 0 Å². The van der Waals surface area contributed by atoms with E-state index in [1.807, 2.05) is 31.6 Å². The van der Waals surface area contributed by atoms with Gasteiger partial charge in [0, 0.05) is 25.3 Å². The molecular formula is C18H29N3O3. The number of carbonyl (C=O) groups is 1. The van der Waals surface area contributed by atoms with Crippen molar-refractivity contribution in [3.05, 3.63) is 17.5 Å². The van der Waals surface area contributed by atoms with Crippen LogP contribution in [-0.4, -0.2) is 41.1 Å². The fraction of sp³-hybridized carbons (Fsp3) is 0.778. The van der Waals surface area contributed by atoms with Gasteiger partial charge in [-0.05, 0) is 59.4 Å². The highest BCUT2D eigenvalue weighted by atomic mass is 16.6. The summed E-state index contributed by atoms with van der Waals surface area (Å²) < 4.78 is 13.0. The van der Waals surface area contributed by atoms with Crippen molar-refractivity contribution in [2.75, 3.05) is 19.8 Å². The third kappa shape index (κ3) is 4.16. The van der Waals surface area contributed by atoms with E-state index in [-0.39, 0.29) is 18.1 Å². The van der Waals surface area contributed by atoms with Crippen molar-refractivity contribution in [3.63, 3.8) is 0 Å². The standard InChI is InChI=1S/C18H29N3O3/c1-18(2,3)24-17(22)14-12-21(15-6-4-5-9-19-15)20-16(14)13-7-10-23-11-8-13/h12-13,15,19H,4-11H2,1-3H3. The highest BCUT2D eigenvalue weighted by Gasteiger charge is 2.30. The van der Waals surface area contributed by atoms with E-state index in [4.69, 9.17) is 14.6 Å². The van der Waals surface area contributed by atoms with Gasteiger partial charge in [0.15, 0.2) is 0 Å². The lowest BCUT2D eigenvalue weighted by molar-refractivity contribution is 0.00658. The monoisotopic (exact) mass is 335 g/mol. The third-order valence-corrected chi connectivity index (χ3v) is 4.59. The molecule has 24 heavy (non-hydrogen) atoms. The van der Waals surface area contributed by atoms with Gasteiger partial charge in [-0.3, -0.25) is 10.00 Å². The number of ether oxygens (including phenoxy) is 2. The lowest BCUT2D eigenvalue weighted by Gasteiger charge is -2.24. The van der Waals surface area contributed by atoms with Gasteiger partial charge in [0.05, 0.1) is 5.69 Å². The summed E-state index contributed by atoms with van der Waals surface area (Å²) in [6.07, 6.45) is 7.30. The van der Waals surface area contributed by atoms with Crippen LogP contribution in [-0.2, 0) is 9.47 Å². The summed E-state index contributed by atoms with van der Waals surface area (Å²) in [7, 11) is 0. The topological polar surface area (TPSA) is 65.4 Å². The van der Waals surface area contributed by atoms with Gasteiger partial charge in [0.25, 0.3) is 0 Å². The number of hydrogen-bond donors (Lipinski definition) is 1. The molecule has 3 heterocycles. The van der Waals surface area contributed by atoms with Crippen LogP contribution < -0.4 is 5.32 Å². The highest BCUT2D eigenvalue weighted by molar-refractivity contribution is 5.91. The second-order valence-corrected chi connectivity index (χ2v) is 7.76. The Hall–Kier alpha value is -1.40. The summed E-state index contributed by atoms with van der Waals surface area (Å²) in [5.74, 6) is -0.00263. The first kappa shape index (κ1) is 17.4. The quantitative estimate of drug-likeness (QED) is 0.860. The van der Waals surface area contributed by atoms with Gasteiger partial charge >= 0.3 is 5.97 Å². The molecule has 134 valence electrons. The molecular weight excluding hydrogens is 306 g/mol. The van der Waals surface area contributed by atoms with Crippen LogP contribution in [0.1, 0.15) is 81.0 Å². The van der Waals surface area contributed by atoms with Crippen LogP contribution in [0.15, 0.2) is 6.20 Å². The fourth-order valence-corrected chi connectivity index (χ4v) is 3.39. The normalized spacial score (nSPS) is 23.2. The largest absolute Gasteiger partial charge is 0.456 e. The Morgan fingerprint density at radius 1 is 1.29 bits per heavy atom. The van der Waals surface area contributed by atoms with Gasteiger partial charge in [-0.15, -0.1) is 0 Å². The molecule has 0 amide bonds. The first-order valence-corrected chi connectivity index (χ1v) is 9.07. The van der Waals surface area contributed by atoms with Crippen molar-refractivity contribution in [1.82, 2.24) is 15.1 Å². The maximum Gasteiger partial charge on any atom is 0.342 e. The van der Waals surface area contributed by atoms with E-state index >= 15 is 0 Å². The first-order chi connectivity index (χ1) is 11.4. The summed E-state index contributed by atoms with van der Waals surface area (Å²) in [5, 5.41) is 8.30. The summed E-state index contributed by atoms with van der Waals surface area (Å²) in [6, 6.07) is 0. The summed E-state index contributed by atoms with van der Waals surface area (Å²) in [4.78, 5) is 12.7. The van der Waals surface area contributed by atoms with E-state index in [0.29, 0.717) is 5.56 Å². The maximum atomic E-state index is 12.7. The Bertz CT molecular complexity index is 565. The van der Waals surface area contributed by atoms with Crippen LogP contribution >= 0.6 is 0 Å². The van der Waals surface area contributed by atoms with Gasteiger partial charge in [-0.2, -0.15) is 5.10 Å². The van der Waals surface area contributed by atoms with Crippen molar-refractivity contribution in [3.8, 4) is 0 Å². The molecule has 2 aliphatic rings. The molecule has 1 unspecified atom stereocenters. The molecule has 1 aromatic rings. The lowest BCUT2D eigenvalue weighted by atomic mass is 9.94. The summed E-state index contributed by atoms with van der Waals surface area (Å²) in [5.41, 5.74) is 0.985. The number of nitrogens with one attached hydrogen (secondary N) is 1. The van der Waals surface area contributed by atoms with Gasteiger partial charge in [-0.1, -0.05) is 0 Å². The van der Waals surface area contributed by atoms with Crippen LogP contribution in [0.3, 0.4) is 0 Å². The zero-order valence-electron chi connectivity index (χ0n) is 15.0. The zero-order chi connectivity index (χ0) is 17.2. The predicted octanol–water partition coefficient (Wildman–Crippen LogP) is 3.00. The van der Waals surface area contributed by atoms with E-state index < -0.39 is 5.60 Å². The number of carbonyl (C=O) groups excluding carboxylic acids is 1. The highest BCUT2D eigenvalue weighted by Crippen LogP contribution is 2.31. The minimum Gasteiger partial charge on any atom is -0.456 e. The number of hydrogen-bond acceptors (Lipinski definition) is 5. The van der Waals surface area contributed by atoms with Crippen molar-refractivity contribution in [2.24, 2.45) is 0 Å². The van der Waals surface area contributed by atoms with E-state index in [1.54, 1.807) is 0 Å². The summed E-state index contributed by atoms with van der Waals surface area (Å²) >= 11 is 0. The van der Waals surface area contributed by atoms with Gasteiger partial charge in [0.2, 0.25) is 0 Å². The smallest absolute Gasteiger partial charge is 0.342 e. The predicted molar refractivity (Wildman–Crippen MR) is 91.1 cm³/mol. The molecule has 1 atom stereocenters. The Labute approximate surface area is 143 Å². The molecule has 0 aliphatic carbocycles. The van der Waals surface area contributed by atoms with Crippen LogP contribution in [0.2, 0.25) is 0 Å². The van der Waals surface area contributed by atoms with Crippen LogP contribution in [0.25, 0.3) is 0 Å². The van der Waals surface area contributed by atoms with Gasteiger partial charge in [0.1, 0.15) is 17.3 Å². The van der Waals surface area contributed by atoms with Crippen LogP contribution in [0.4, 0.5) is 0 Å². The Balaban J connectivity index is 1.88. The van der Waals surface area contributed by atoms with E-state index in [0.717, 1.165) is 44.7 Å².